The van der Waals surface area contributed by atoms with Gasteiger partial charge in [-0.05, 0) is 43.3 Å². The van der Waals surface area contributed by atoms with E-state index in [0.717, 1.165) is 5.69 Å². The fraction of sp³-hybridized carbons (Fsp3) is 0.385. The molecule has 1 heterocycles. The van der Waals surface area contributed by atoms with Gasteiger partial charge < -0.3 is 15.7 Å². The molecule has 0 aliphatic rings. The number of nitrogens with one attached hydrogen (secondary N) is 2. The summed E-state index contributed by atoms with van der Waals surface area (Å²) in [6, 6.07) is 7.10. The Morgan fingerprint density at radius 2 is 2.27 bits per heavy atom. The maximum atomic E-state index is 10.3. The van der Waals surface area contributed by atoms with Crippen molar-refractivity contribution in [3.05, 3.63) is 35.1 Å². The summed E-state index contributed by atoms with van der Waals surface area (Å²) in [7, 11) is 0. The highest BCUT2D eigenvalue weighted by molar-refractivity contribution is 6.30. The van der Waals surface area contributed by atoms with Crippen LogP contribution in [0.15, 0.2) is 24.3 Å². The van der Waals surface area contributed by atoms with Crippen LogP contribution in [0.4, 0.5) is 4.79 Å². The Hall–Kier alpha value is -2.19. The largest absolute Gasteiger partial charge is 0.465 e. The number of amides is 1. The van der Waals surface area contributed by atoms with Crippen molar-refractivity contribution < 1.29 is 9.90 Å². The number of carbonyl (C=O) groups is 1. The van der Waals surface area contributed by atoms with E-state index in [9.17, 15) is 4.79 Å². The van der Waals surface area contributed by atoms with E-state index in [2.05, 4.69) is 26.0 Å². The second-order valence-corrected chi connectivity index (χ2v) is 5.11. The molecular weight excluding hydrogens is 308 g/mol. The summed E-state index contributed by atoms with van der Waals surface area (Å²) < 4.78 is 0. The van der Waals surface area contributed by atoms with Crippen LogP contribution >= 0.6 is 11.6 Å². The number of rotatable bonds is 7. The average molecular weight is 325 g/mol. The number of carboxylic acid groups (broad SMARTS) is 1. The first-order valence-corrected chi connectivity index (χ1v) is 7.20. The zero-order valence-corrected chi connectivity index (χ0v) is 12.8. The van der Waals surface area contributed by atoms with Crippen LogP contribution in [0.25, 0.3) is 5.69 Å². The van der Waals surface area contributed by atoms with E-state index in [1.807, 2.05) is 19.1 Å². The molecule has 3 N–H and O–H groups in total. The zero-order chi connectivity index (χ0) is 15.9. The van der Waals surface area contributed by atoms with Crippen molar-refractivity contribution in [2.24, 2.45) is 0 Å². The summed E-state index contributed by atoms with van der Waals surface area (Å²) in [4.78, 5) is 11.7. The number of halogens is 1. The van der Waals surface area contributed by atoms with Crippen LogP contribution in [0.5, 0.6) is 0 Å². The Morgan fingerprint density at radius 1 is 1.45 bits per heavy atom. The maximum absolute atomic E-state index is 10.3. The minimum atomic E-state index is -1.01. The second-order valence-electron chi connectivity index (χ2n) is 4.68. The van der Waals surface area contributed by atoms with Crippen molar-refractivity contribution in [2.45, 2.75) is 19.4 Å². The van der Waals surface area contributed by atoms with E-state index in [-0.39, 0.29) is 6.04 Å². The Balaban J connectivity index is 1.86. The van der Waals surface area contributed by atoms with Gasteiger partial charge in [0.2, 0.25) is 0 Å². The minimum absolute atomic E-state index is 0.0854. The first kappa shape index (κ1) is 16.2. The van der Waals surface area contributed by atoms with Crippen LogP contribution < -0.4 is 10.6 Å². The molecule has 1 amide bonds. The molecule has 0 aliphatic heterocycles. The molecule has 0 spiro atoms. The van der Waals surface area contributed by atoms with E-state index in [1.165, 1.54) is 4.80 Å². The van der Waals surface area contributed by atoms with Crippen molar-refractivity contribution in [3.8, 4) is 5.69 Å². The van der Waals surface area contributed by atoms with Gasteiger partial charge in [-0.2, -0.15) is 0 Å². The minimum Gasteiger partial charge on any atom is -0.465 e. The van der Waals surface area contributed by atoms with Crippen LogP contribution in [0.3, 0.4) is 0 Å². The summed E-state index contributed by atoms with van der Waals surface area (Å²) >= 11 is 5.94. The molecule has 9 heteroatoms. The smallest absolute Gasteiger partial charge is 0.404 e. The lowest BCUT2D eigenvalue weighted by Gasteiger charge is -2.09. The summed E-state index contributed by atoms with van der Waals surface area (Å²) in [6.45, 7) is 2.97. The van der Waals surface area contributed by atoms with Crippen molar-refractivity contribution in [1.82, 2.24) is 30.8 Å². The number of aromatic nitrogens is 4. The molecule has 1 atom stereocenters. The topological polar surface area (TPSA) is 105 Å². The van der Waals surface area contributed by atoms with Crippen LogP contribution in [0, 0.1) is 0 Å². The van der Waals surface area contributed by atoms with Crippen LogP contribution in [-0.4, -0.2) is 44.5 Å². The third-order valence-corrected chi connectivity index (χ3v) is 3.17. The highest BCUT2D eigenvalue weighted by Crippen LogP contribution is 2.13. The van der Waals surface area contributed by atoms with Gasteiger partial charge in [-0.15, -0.1) is 15.0 Å². The van der Waals surface area contributed by atoms with E-state index in [4.69, 9.17) is 16.7 Å². The molecule has 0 aliphatic carbocycles. The second kappa shape index (κ2) is 7.71. The normalized spacial score (nSPS) is 12.1. The third kappa shape index (κ3) is 4.68. The number of hydrogen-bond acceptors (Lipinski definition) is 5. The standard InChI is InChI=1S/C13H17ClN6O2/c1-9(15-6-3-7-16-13(21)22)12-17-19-20(18-12)11-5-2-4-10(14)8-11/h2,4-5,8-9,15-16H,3,6-7H2,1H3,(H,21,22). The highest BCUT2D eigenvalue weighted by atomic mass is 35.5. The number of nitrogens with zero attached hydrogens (tertiary/aromatic N) is 4. The van der Waals surface area contributed by atoms with Gasteiger partial charge in [-0.3, -0.25) is 0 Å². The van der Waals surface area contributed by atoms with E-state index >= 15 is 0 Å². The van der Waals surface area contributed by atoms with Crippen LogP contribution in [-0.2, 0) is 0 Å². The molecule has 2 rings (SSSR count). The number of benzene rings is 1. The molecule has 1 aromatic carbocycles. The van der Waals surface area contributed by atoms with E-state index in [1.54, 1.807) is 12.1 Å². The zero-order valence-electron chi connectivity index (χ0n) is 12.0. The first-order chi connectivity index (χ1) is 10.6. The molecular formula is C13H17ClN6O2. The molecule has 0 saturated carbocycles. The fourth-order valence-corrected chi connectivity index (χ4v) is 1.99. The molecule has 0 radical (unpaired) electrons. The maximum Gasteiger partial charge on any atom is 0.404 e. The van der Waals surface area contributed by atoms with Gasteiger partial charge in [0.25, 0.3) is 0 Å². The Morgan fingerprint density at radius 3 is 3.00 bits per heavy atom. The molecule has 1 unspecified atom stereocenters. The monoisotopic (exact) mass is 324 g/mol. The van der Waals surface area contributed by atoms with E-state index in [0.29, 0.717) is 30.4 Å². The summed E-state index contributed by atoms with van der Waals surface area (Å²) in [5.41, 5.74) is 0.740. The van der Waals surface area contributed by atoms with Gasteiger partial charge in [-0.25, -0.2) is 4.79 Å². The first-order valence-electron chi connectivity index (χ1n) is 6.82. The molecule has 0 fully saturated rings. The molecule has 118 valence electrons. The molecule has 1 aromatic heterocycles. The summed E-state index contributed by atoms with van der Waals surface area (Å²) in [6.07, 6.45) is -0.335. The third-order valence-electron chi connectivity index (χ3n) is 2.94. The van der Waals surface area contributed by atoms with Gasteiger partial charge >= 0.3 is 6.09 Å². The quantitative estimate of drug-likeness (QED) is 0.668. The average Bonchev–Trinajstić information content (AvgIpc) is 2.96. The van der Waals surface area contributed by atoms with Gasteiger partial charge in [0, 0.05) is 11.6 Å². The number of hydrogen-bond donors (Lipinski definition) is 3. The van der Waals surface area contributed by atoms with Gasteiger partial charge in [0.1, 0.15) is 0 Å². The summed E-state index contributed by atoms with van der Waals surface area (Å²) in [5.74, 6) is 0.561. The van der Waals surface area contributed by atoms with Crippen molar-refractivity contribution in [2.75, 3.05) is 13.1 Å². The van der Waals surface area contributed by atoms with Crippen LogP contribution in [0.1, 0.15) is 25.2 Å². The summed E-state index contributed by atoms with van der Waals surface area (Å²) in [5, 5.41) is 26.9. The van der Waals surface area contributed by atoms with Crippen LogP contribution in [0.2, 0.25) is 5.02 Å². The molecule has 8 nitrogen and oxygen atoms in total. The molecule has 22 heavy (non-hydrogen) atoms. The molecule has 0 bridgehead atoms. The van der Waals surface area contributed by atoms with Gasteiger partial charge in [-0.1, -0.05) is 17.7 Å². The lowest BCUT2D eigenvalue weighted by atomic mass is 10.3. The van der Waals surface area contributed by atoms with Gasteiger partial charge in [0.05, 0.1) is 11.7 Å². The Bertz CT molecular complexity index is 632. The van der Waals surface area contributed by atoms with E-state index < -0.39 is 6.09 Å². The Labute approximate surface area is 132 Å². The lowest BCUT2D eigenvalue weighted by Crippen LogP contribution is -2.27. The van der Waals surface area contributed by atoms with Crippen molar-refractivity contribution in [3.63, 3.8) is 0 Å². The SMILES string of the molecule is CC(NCCCNC(=O)O)c1nnn(-c2cccc(Cl)c2)n1. The van der Waals surface area contributed by atoms with Gasteiger partial charge in [0.15, 0.2) is 5.82 Å². The van der Waals surface area contributed by atoms with Crippen molar-refractivity contribution in [1.29, 1.82) is 0 Å². The molecule has 0 saturated heterocycles. The van der Waals surface area contributed by atoms with Crippen molar-refractivity contribution >= 4 is 17.7 Å². The fourth-order valence-electron chi connectivity index (χ4n) is 1.80. The Kier molecular flexibility index (Phi) is 5.68. The number of tetrazole rings is 1. The molecule has 2 aromatic rings. The highest BCUT2D eigenvalue weighted by Gasteiger charge is 2.12. The predicted octanol–water partition coefficient (Wildman–Crippen LogP) is 1.62. The predicted molar refractivity (Wildman–Crippen MR) is 81.2 cm³/mol. The lowest BCUT2D eigenvalue weighted by molar-refractivity contribution is 0.194.